The minimum Gasteiger partial charge on any atom is -0.353 e. The van der Waals surface area contributed by atoms with Crippen LogP contribution in [0.3, 0.4) is 0 Å². The molecule has 0 aliphatic heterocycles. The van der Waals surface area contributed by atoms with Crippen molar-refractivity contribution in [2.24, 2.45) is 17.8 Å². The van der Waals surface area contributed by atoms with E-state index >= 15 is 0 Å². The van der Waals surface area contributed by atoms with Crippen molar-refractivity contribution in [3.63, 3.8) is 0 Å². The van der Waals surface area contributed by atoms with Crippen LogP contribution in [0, 0.1) is 24.7 Å². The van der Waals surface area contributed by atoms with Crippen LogP contribution in [0.5, 0.6) is 0 Å². The standard InChI is InChI=1S/C19H22N4/c1-13-4-2-3-5-17(13)18-12-21-23-19(22-18)20-9-8-16-11-14-6-7-15(16)10-14/h2-7,12,14-16H,8-11H2,1H3,(H,20,22,23). The summed E-state index contributed by atoms with van der Waals surface area (Å²) in [5, 5.41) is 11.6. The molecule has 1 heterocycles. The highest BCUT2D eigenvalue weighted by Crippen LogP contribution is 2.44. The Labute approximate surface area is 137 Å². The normalized spacial score (nSPS) is 25.0. The van der Waals surface area contributed by atoms with Gasteiger partial charge in [-0.3, -0.25) is 0 Å². The summed E-state index contributed by atoms with van der Waals surface area (Å²) in [6.07, 6.45) is 10.4. The summed E-state index contributed by atoms with van der Waals surface area (Å²) in [5.74, 6) is 3.10. The van der Waals surface area contributed by atoms with E-state index in [2.05, 4.69) is 51.7 Å². The van der Waals surface area contributed by atoms with Gasteiger partial charge in [0.1, 0.15) is 0 Å². The van der Waals surface area contributed by atoms with Gasteiger partial charge < -0.3 is 5.32 Å². The van der Waals surface area contributed by atoms with Crippen LogP contribution in [0.2, 0.25) is 0 Å². The summed E-state index contributed by atoms with van der Waals surface area (Å²) in [5.41, 5.74) is 3.19. The minimum absolute atomic E-state index is 0.629. The minimum atomic E-state index is 0.629. The Hall–Kier alpha value is -2.23. The number of hydrogen-bond acceptors (Lipinski definition) is 4. The molecule has 1 saturated carbocycles. The van der Waals surface area contributed by atoms with Crippen LogP contribution in [0.15, 0.2) is 42.6 Å². The molecule has 1 aromatic heterocycles. The summed E-state index contributed by atoms with van der Waals surface area (Å²) in [6.45, 7) is 3.01. The quantitative estimate of drug-likeness (QED) is 0.852. The Morgan fingerprint density at radius 2 is 2.09 bits per heavy atom. The maximum atomic E-state index is 4.62. The third-order valence-corrected chi connectivity index (χ3v) is 5.19. The Balaban J connectivity index is 1.39. The smallest absolute Gasteiger partial charge is 0.243 e. The van der Waals surface area contributed by atoms with E-state index in [0.717, 1.165) is 35.6 Å². The average molecular weight is 306 g/mol. The van der Waals surface area contributed by atoms with Gasteiger partial charge in [-0.25, -0.2) is 4.98 Å². The van der Waals surface area contributed by atoms with E-state index in [1.54, 1.807) is 6.20 Å². The van der Waals surface area contributed by atoms with Gasteiger partial charge in [-0.05, 0) is 49.5 Å². The molecule has 0 spiro atoms. The first-order valence-corrected chi connectivity index (χ1v) is 8.47. The Bertz CT molecular complexity index is 725. The molecule has 2 aliphatic rings. The molecule has 2 bridgehead atoms. The Kier molecular flexibility index (Phi) is 3.82. The number of anilines is 1. The topological polar surface area (TPSA) is 50.7 Å². The van der Waals surface area contributed by atoms with Gasteiger partial charge in [-0.1, -0.05) is 36.4 Å². The fourth-order valence-electron chi connectivity index (χ4n) is 3.96. The fourth-order valence-corrected chi connectivity index (χ4v) is 3.96. The van der Waals surface area contributed by atoms with Gasteiger partial charge in [-0.15, -0.1) is 5.10 Å². The molecule has 2 aromatic rings. The van der Waals surface area contributed by atoms with Crippen molar-refractivity contribution in [2.45, 2.75) is 26.2 Å². The summed E-state index contributed by atoms with van der Waals surface area (Å²) >= 11 is 0. The maximum absolute atomic E-state index is 4.62. The number of nitrogens with one attached hydrogen (secondary N) is 1. The van der Waals surface area contributed by atoms with Crippen molar-refractivity contribution in [3.8, 4) is 11.3 Å². The van der Waals surface area contributed by atoms with Gasteiger partial charge in [0.05, 0.1) is 11.9 Å². The van der Waals surface area contributed by atoms with E-state index in [-0.39, 0.29) is 0 Å². The highest BCUT2D eigenvalue weighted by Gasteiger charge is 2.34. The number of rotatable bonds is 5. The Morgan fingerprint density at radius 1 is 1.17 bits per heavy atom. The van der Waals surface area contributed by atoms with Crippen LogP contribution >= 0.6 is 0 Å². The highest BCUT2D eigenvalue weighted by atomic mass is 15.2. The lowest BCUT2D eigenvalue weighted by Crippen LogP contribution is -2.14. The van der Waals surface area contributed by atoms with Crippen LogP contribution in [0.4, 0.5) is 5.95 Å². The molecular formula is C19H22N4. The predicted octanol–water partition coefficient (Wildman–Crippen LogP) is 3.86. The molecule has 1 fully saturated rings. The first-order valence-electron chi connectivity index (χ1n) is 8.47. The zero-order valence-corrected chi connectivity index (χ0v) is 13.4. The summed E-state index contributed by atoms with van der Waals surface area (Å²) in [7, 11) is 0. The molecule has 1 aromatic carbocycles. The van der Waals surface area contributed by atoms with Crippen molar-refractivity contribution in [1.29, 1.82) is 0 Å². The van der Waals surface area contributed by atoms with E-state index in [0.29, 0.717) is 5.95 Å². The average Bonchev–Trinajstić information content (AvgIpc) is 3.19. The number of aryl methyl sites for hydroxylation is 1. The van der Waals surface area contributed by atoms with Gasteiger partial charge in [0.15, 0.2) is 0 Å². The van der Waals surface area contributed by atoms with Crippen LogP contribution in [0.25, 0.3) is 11.3 Å². The SMILES string of the molecule is Cc1ccccc1-c1cnnc(NCCC2CC3C=CC2C3)n1. The third-order valence-electron chi connectivity index (χ3n) is 5.19. The number of benzene rings is 1. The number of nitrogens with zero attached hydrogens (tertiary/aromatic N) is 3. The van der Waals surface area contributed by atoms with Crippen molar-refractivity contribution < 1.29 is 0 Å². The van der Waals surface area contributed by atoms with E-state index in [4.69, 9.17) is 0 Å². The van der Waals surface area contributed by atoms with Gasteiger partial charge in [-0.2, -0.15) is 5.10 Å². The number of hydrogen-bond donors (Lipinski definition) is 1. The second-order valence-electron chi connectivity index (χ2n) is 6.74. The van der Waals surface area contributed by atoms with Gasteiger partial charge >= 0.3 is 0 Å². The second-order valence-corrected chi connectivity index (χ2v) is 6.74. The van der Waals surface area contributed by atoms with E-state index in [1.165, 1.54) is 24.8 Å². The van der Waals surface area contributed by atoms with Crippen LogP contribution in [-0.4, -0.2) is 21.7 Å². The lowest BCUT2D eigenvalue weighted by atomic mass is 9.91. The number of aromatic nitrogens is 3. The third kappa shape index (κ3) is 2.98. The molecular weight excluding hydrogens is 284 g/mol. The second kappa shape index (κ2) is 6.11. The summed E-state index contributed by atoms with van der Waals surface area (Å²) in [4.78, 5) is 4.62. The van der Waals surface area contributed by atoms with Crippen molar-refractivity contribution in [2.75, 3.05) is 11.9 Å². The number of allylic oxidation sites excluding steroid dienone is 2. The van der Waals surface area contributed by atoms with Crippen LogP contribution in [0.1, 0.15) is 24.8 Å². The molecule has 3 atom stereocenters. The molecule has 0 radical (unpaired) electrons. The molecule has 4 heteroatoms. The summed E-state index contributed by atoms with van der Waals surface area (Å²) < 4.78 is 0. The maximum Gasteiger partial charge on any atom is 0.243 e. The van der Waals surface area contributed by atoms with E-state index < -0.39 is 0 Å². The Morgan fingerprint density at radius 3 is 2.87 bits per heavy atom. The molecule has 0 saturated heterocycles. The molecule has 3 unspecified atom stereocenters. The summed E-state index contributed by atoms with van der Waals surface area (Å²) in [6, 6.07) is 8.23. The van der Waals surface area contributed by atoms with Gasteiger partial charge in [0, 0.05) is 12.1 Å². The first kappa shape index (κ1) is 14.4. The van der Waals surface area contributed by atoms with Gasteiger partial charge in [0.2, 0.25) is 5.95 Å². The molecule has 4 nitrogen and oxygen atoms in total. The molecule has 118 valence electrons. The lowest BCUT2D eigenvalue weighted by molar-refractivity contribution is 0.426. The van der Waals surface area contributed by atoms with Crippen molar-refractivity contribution in [3.05, 3.63) is 48.2 Å². The zero-order valence-electron chi connectivity index (χ0n) is 13.4. The molecule has 0 amide bonds. The number of fused-ring (bicyclic) bond motifs is 2. The molecule has 4 rings (SSSR count). The highest BCUT2D eigenvalue weighted by molar-refractivity contribution is 5.63. The van der Waals surface area contributed by atoms with Crippen molar-refractivity contribution >= 4 is 5.95 Å². The van der Waals surface area contributed by atoms with Gasteiger partial charge in [0.25, 0.3) is 0 Å². The molecule has 2 aliphatic carbocycles. The van der Waals surface area contributed by atoms with Crippen molar-refractivity contribution in [1.82, 2.24) is 15.2 Å². The first-order chi connectivity index (χ1) is 11.3. The van der Waals surface area contributed by atoms with Crippen LogP contribution in [-0.2, 0) is 0 Å². The predicted molar refractivity (Wildman–Crippen MR) is 92.0 cm³/mol. The largest absolute Gasteiger partial charge is 0.353 e. The molecule has 23 heavy (non-hydrogen) atoms. The van der Waals surface area contributed by atoms with Crippen LogP contribution < -0.4 is 5.32 Å². The zero-order chi connectivity index (χ0) is 15.6. The van der Waals surface area contributed by atoms with E-state index in [1.807, 2.05) is 12.1 Å². The molecule has 1 N–H and O–H groups in total. The lowest BCUT2D eigenvalue weighted by Gasteiger charge is -2.17. The fraction of sp³-hybridized carbons (Fsp3) is 0.421. The van der Waals surface area contributed by atoms with E-state index in [9.17, 15) is 0 Å². The monoisotopic (exact) mass is 306 g/mol.